The van der Waals surface area contributed by atoms with Crippen molar-refractivity contribution in [2.45, 2.75) is 6.92 Å². The summed E-state index contributed by atoms with van der Waals surface area (Å²) in [6, 6.07) is 5.79. The average Bonchev–Trinajstić information content (AvgIpc) is 2.48. The molecule has 0 aliphatic heterocycles. The molecule has 0 radical (unpaired) electrons. The van der Waals surface area contributed by atoms with Crippen molar-refractivity contribution >= 4 is 39.3 Å². The Balaban J connectivity index is 2.77. The van der Waals surface area contributed by atoms with Gasteiger partial charge < -0.3 is 0 Å². The molecule has 0 aliphatic rings. The summed E-state index contributed by atoms with van der Waals surface area (Å²) in [7, 11) is 0. The first-order valence-corrected chi connectivity index (χ1v) is 5.05. The Morgan fingerprint density at radius 3 is 2.85 bits per heavy atom. The van der Waals surface area contributed by atoms with Crippen LogP contribution >= 0.6 is 22.9 Å². The molecular formula is C10H7ClOS. The first kappa shape index (κ1) is 8.73. The molecule has 0 unspecified atom stereocenters. The number of aldehydes is 1. The largest absolute Gasteiger partial charge is 0.297 e. The highest BCUT2D eigenvalue weighted by Gasteiger charge is 2.03. The molecule has 0 aliphatic carbocycles. The van der Waals surface area contributed by atoms with E-state index >= 15 is 0 Å². The molecule has 13 heavy (non-hydrogen) atoms. The van der Waals surface area contributed by atoms with Crippen molar-refractivity contribution in [3.63, 3.8) is 0 Å². The van der Waals surface area contributed by atoms with Gasteiger partial charge in [-0.25, -0.2) is 0 Å². The highest BCUT2D eigenvalue weighted by atomic mass is 35.5. The molecule has 2 aromatic rings. The van der Waals surface area contributed by atoms with Crippen LogP contribution in [0, 0.1) is 6.92 Å². The number of hydrogen-bond donors (Lipinski definition) is 0. The maximum atomic E-state index is 10.5. The predicted molar refractivity (Wildman–Crippen MR) is 57.0 cm³/mol. The number of hydrogen-bond acceptors (Lipinski definition) is 2. The van der Waals surface area contributed by atoms with Crippen LogP contribution in [-0.4, -0.2) is 6.29 Å². The number of benzene rings is 1. The molecule has 0 spiro atoms. The molecule has 0 fully saturated rings. The minimum absolute atomic E-state index is 0.747. The van der Waals surface area contributed by atoms with Gasteiger partial charge in [0.05, 0.1) is 4.88 Å². The van der Waals surface area contributed by atoms with Gasteiger partial charge in [0.2, 0.25) is 0 Å². The lowest BCUT2D eigenvalue weighted by Gasteiger charge is -1.95. The first-order valence-electron chi connectivity index (χ1n) is 3.85. The van der Waals surface area contributed by atoms with Crippen LogP contribution in [0.1, 0.15) is 15.2 Å². The molecule has 0 bridgehead atoms. The van der Waals surface area contributed by atoms with Crippen LogP contribution in [0.25, 0.3) is 10.1 Å². The molecule has 1 aromatic carbocycles. The summed E-state index contributed by atoms with van der Waals surface area (Å²) >= 11 is 7.43. The highest BCUT2D eigenvalue weighted by molar-refractivity contribution is 7.20. The SMILES string of the molecule is Cc1cc2cc(C=O)sc2cc1Cl. The van der Waals surface area contributed by atoms with E-state index in [1.54, 1.807) is 0 Å². The van der Waals surface area contributed by atoms with E-state index in [4.69, 9.17) is 11.6 Å². The van der Waals surface area contributed by atoms with Crippen molar-refractivity contribution in [1.29, 1.82) is 0 Å². The molecule has 0 amide bonds. The Hall–Kier alpha value is -0.860. The number of rotatable bonds is 1. The topological polar surface area (TPSA) is 17.1 Å². The van der Waals surface area contributed by atoms with Gasteiger partial charge in [-0.2, -0.15) is 0 Å². The lowest BCUT2D eigenvalue weighted by Crippen LogP contribution is -1.72. The van der Waals surface area contributed by atoms with Gasteiger partial charge in [-0.05, 0) is 36.1 Å². The van der Waals surface area contributed by atoms with Gasteiger partial charge in [-0.3, -0.25) is 4.79 Å². The molecule has 0 atom stereocenters. The van der Waals surface area contributed by atoms with Crippen molar-refractivity contribution in [3.05, 3.63) is 33.7 Å². The molecule has 3 heteroatoms. The lowest BCUT2D eigenvalue weighted by atomic mass is 10.2. The minimum Gasteiger partial charge on any atom is -0.297 e. The zero-order chi connectivity index (χ0) is 9.42. The van der Waals surface area contributed by atoms with Gasteiger partial charge in [0.1, 0.15) is 0 Å². The van der Waals surface area contributed by atoms with Crippen molar-refractivity contribution in [1.82, 2.24) is 0 Å². The van der Waals surface area contributed by atoms with Crippen molar-refractivity contribution in [3.8, 4) is 0 Å². The molecular weight excluding hydrogens is 204 g/mol. The van der Waals surface area contributed by atoms with Crippen LogP contribution in [0.2, 0.25) is 5.02 Å². The summed E-state index contributed by atoms with van der Waals surface area (Å²) in [4.78, 5) is 11.3. The summed E-state index contributed by atoms with van der Waals surface area (Å²) in [5, 5.41) is 1.85. The van der Waals surface area contributed by atoms with Crippen molar-refractivity contribution in [2.24, 2.45) is 0 Å². The van der Waals surface area contributed by atoms with E-state index in [2.05, 4.69) is 0 Å². The summed E-state index contributed by atoms with van der Waals surface area (Å²) in [5.74, 6) is 0. The van der Waals surface area contributed by atoms with Crippen LogP contribution in [-0.2, 0) is 0 Å². The Labute approximate surface area is 84.9 Å². The summed E-state index contributed by atoms with van der Waals surface area (Å²) in [5.41, 5.74) is 1.05. The average molecular weight is 211 g/mol. The van der Waals surface area contributed by atoms with E-state index in [1.165, 1.54) is 11.3 Å². The summed E-state index contributed by atoms with van der Waals surface area (Å²) < 4.78 is 1.07. The third kappa shape index (κ3) is 1.47. The minimum atomic E-state index is 0.747. The van der Waals surface area contributed by atoms with Gasteiger partial charge in [0.25, 0.3) is 0 Å². The molecule has 0 saturated heterocycles. The molecule has 0 N–H and O–H groups in total. The fourth-order valence-electron chi connectivity index (χ4n) is 1.25. The monoisotopic (exact) mass is 210 g/mol. The van der Waals surface area contributed by atoms with E-state index in [-0.39, 0.29) is 0 Å². The Bertz CT molecular complexity index is 434. The van der Waals surface area contributed by atoms with Gasteiger partial charge in [0, 0.05) is 9.72 Å². The maximum absolute atomic E-state index is 10.5. The van der Waals surface area contributed by atoms with Crippen LogP contribution in [0.3, 0.4) is 0 Å². The molecule has 1 heterocycles. The number of carbonyl (C=O) groups is 1. The number of carbonyl (C=O) groups excluding carboxylic acids is 1. The van der Waals surface area contributed by atoms with E-state index < -0.39 is 0 Å². The van der Waals surface area contributed by atoms with E-state index in [0.717, 1.165) is 31.8 Å². The smallest absolute Gasteiger partial charge is 0.160 e. The van der Waals surface area contributed by atoms with Crippen molar-refractivity contribution in [2.75, 3.05) is 0 Å². The van der Waals surface area contributed by atoms with Gasteiger partial charge in [-0.15, -0.1) is 11.3 Å². The predicted octanol–water partition coefficient (Wildman–Crippen LogP) is 3.68. The first-order chi connectivity index (χ1) is 6.20. The normalized spacial score (nSPS) is 10.6. The summed E-state index contributed by atoms with van der Waals surface area (Å²) in [6.07, 6.45) is 0.869. The number of thiophene rings is 1. The fourth-order valence-corrected chi connectivity index (χ4v) is 2.38. The quantitative estimate of drug-likeness (QED) is 0.657. The van der Waals surface area contributed by atoms with Crippen LogP contribution in [0.15, 0.2) is 18.2 Å². The third-order valence-corrected chi connectivity index (χ3v) is 3.36. The Kier molecular flexibility index (Phi) is 2.10. The van der Waals surface area contributed by atoms with Gasteiger partial charge in [-0.1, -0.05) is 11.6 Å². The second kappa shape index (κ2) is 3.13. The lowest BCUT2D eigenvalue weighted by molar-refractivity contribution is 0.112. The van der Waals surface area contributed by atoms with Crippen LogP contribution in [0.4, 0.5) is 0 Å². The standard InChI is InChI=1S/C10H7ClOS/c1-6-2-7-3-8(5-12)13-10(7)4-9(6)11/h2-5H,1H3. The summed E-state index contributed by atoms with van der Waals surface area (Å²) in [6.45, 7) is 1.96. The number of aryl methyl sites for hydroxylation is 1. The number of halogens is 1. The number of fused-ring (bicyclic) bond motifs is 1. The molecule has 2 rings (SSSR count). The Morgan fingerprint density at radius 1 is 1.38 bits per heavy atom. The zero-order valence-corrected chi connectivity index (χ0v) is 8.58. The maximum Gasteiger partial charge on any atom is 0.160 e. The van der Waals surface area contributed by atoms with Crippen LogP contribution < -0.4 is 0 Å². The fraction of sp³-hybridized carbons (Fsp3) is 0.100. The second-order valence-electron chi connectivity index (χ2n) is 2.91. The van der Waals surface area contributed by atoms with Gasteiger partial charge >= 0.3 is 0 Å². The molecule has 0 saturated carbocycles. The van der Waals surface area contributed by atoms with Crippen LogP contribution in [0.5, 0.6) is 0 Å². The Morgan fingerprint density at radius 2 is 2.15 bits per heavy atom. The highest BCUT2D eigenvalue weighted by Crippen LogP contribution is 2.29. The molecule has 1 nitrogen and oxygen atoms in total. The van der Waals surface area contributed by atoms with Crippen molar-refractivity contribution < 1.29 is 4.79 Å². The van der Waals surface area contributed by atoms with E-state index in [0.29, 0.717) is 0 Å². The van der Waals surface area contributed by atoms with E-state index in [1.807, 2.05) is 25.1 Å². The van der Waals surface area contributed by atoms with E-state index in [9.17, 15) is 4.79 Å². The molecule has 1 aromatic heterocycles. The zero-order valence-electron chi connectivity index (χ0n) is 7.00. The third-order valence-electron chi connectivity index (χ3n) is 1.93. The second-order valence-corrected chi connectivity index (χ2v) is 4.43. The van der Waals surface area contributed by atoms with Gasteiger partial charge in [0.15, 0.2) is 6.29 Å². The molecule has 66 valence electrons.